The van der Waals surface area contributed by atoms with E-state index in [4.69, 9.17) is 9.47 Å². The first-order chi connectivity index (χ1) is 17.3. The lowest BCUT2D eigenvalue weighted by molar-refractivity contribution is 0.102. The van der Waals surface area contributed by atoms with Gasteiger partial charge in [-0.2, -0.15) is 10.1 Å². The van der Waals surface area contributed by atoms with E-state index in [-0.39, 0.29) is 23.0 Å². The molecule has 0 unspecified atom stereocenters. The molecule has 1 amide bonds. The van der Waals surface area contributed by atoms with Crippen LogP contribution < -0.4 is 25.0 Å². The molecule has 5 rings (SSSR count). The highest BCUT2D eigenvalue weighted by Crippen LogP contribution is 2.35. The second-order valence-electron chi connectivity index (χ2n) is 9.09. The van der Waals surface area contributed by atoms with Crippen LogP contribution in [0.2, 0.25) is 0 Å². The van der Waals surface area contributed by atoms with Gasteiger partial charge in [-0.25, -0.2) is 9.37 Å². The molecule has 2 N–H and O–H groups in total. The van der Waals surface area contributed by atoms with E-state index in [2.05, 4.69) is 44.4 Å². The monoisotopic (exact) mass is 493 g/mol. The quantitative estimate of drug-likeness (QED) is 0.437. The third-order valence-corrected chi connectivity index (χ3v) is 6.29. The molecule has 1 aliphatic rings. The molecule has 10 nitrogen and oxygen atoms in total. The number of carbonyl (C=O) groups excluding carboxylic acids is 1. The van der Waals surface area contributed by atoms with Gasteiger partial charge in [0, 0.05) is 61.1 Å². The summed E-state index contributed by atoms with van der Waals surface area (Å²) < 4.78 is 27.1. The van der Waals surface area contributed by atoms with Crippen LogP contribution in [-0.2, 0) is 7.05 Å². The molecule has 2 aromatic carbocycles. The molecule has 2 aromatic heterocycles. The number of benzene rings is 2. The van der Waals surface area contributed by atoms with Crippen LogP contribution in [0.15, 0.2) is 30.6 Å². The third-order valence-electron chi connectivity index (χ3n) is 6.29. The van der Waals surface area contributed by atoms with Crippen LogP contribution in [0.3, 0.4) is 0 Å². The molecule has 36 heavy (non-hydrogen) atoms. The van der Waals surface area contributed by atoms with Crippen LogP contribution in [-0.4, -0.2) is 65.0 Å². The maximum atomic E-state index is 15.1. The maximum absolute atomic E-state index is 15.1. The number of aryl methyl sites for hydroxylation is 1. The van der Waals surface area contributed by atoms with E-state index in [9.17, 15) is 4.79 Å². The molecular formula is C25H28FN7O3. The number of anilines is 2. The topological polar surface area (TPSA) is 106 Å². The second kappa shape index (κ2) is 9.23. The van der Waals surface area contributed by atoms with Gasteiger partial charge in [-0.1, -0.05) is 0 Å². The third kappa shape index (κ3) is 4.15. The minimum absolute atomic E-state index is 0.0912. The summed E-state index contributed by atoms with van der Waals surface area (Å²) in [4.78, 5) is 24.6. The Hall–Kier alpha value is -3.99. The lowest BCUT2D eigenvalue weighted by Gasteiger charge is -2.38. The largest absolute Gasteiger partial charge is 0.491 e. The molecule has 1 fully saturated rings. The highest BCUT2D eigenvalue weighted by Gasteiger charge is 2.25. The summed E-state index contributed by atoms with van der Waals surface area (Å²) in [6.07, 6.45) is 3.35. The van der Waals surface area contributed by atoms with Gasteiger partial charge in [0.2, 0.25) is 0 Å². The van der Waals surface area contributed by atoms with Crippen molar-refractivity contribution in [3.05, 3.63) is 42.0 Å². The van der Waals surface area contributed by atoms with E-state index < -0.39 is 11.7 Å². The van der Waals surface area contributed by atoms with Gasteiger partial charge in [-0.05, 0) is 32.0 Å². The number of amides is 1. The summed E-state index contributed by atoms with van der Waals surface area (Å²) in [6.45, 7) is 5.88. The molecule has 0 aliphatic carbocycles. The van der Waals surface area contributed by atoms with Gasteiger partial charge in [-0.15, -0.1) is 0 Å². The number of fused-ring (bicyclic) bond motifs is 2. The Morgan fingerprint density at radius 2 is 1.92 bits per heavy atom. The highest BCUT2D eigenvalue weighted by atomic mass is 19.1. The van der Waals surface area contributed by atoms with Crippen molar-refractivity contribution in [1.29, 1.82) is 0 Å². The predicted octanol–water partition coefficient (Wildman–Crippen LogP) is 3.11. The zero-order valence-corrected chi connectivity index (χ0v) is 20.8. The van der Waals surface area contributed by atoms with Crippen LogP contribution in [0.4, 0.5) is 15.8 Å². The molecular weight excluding hydrogens is 465 g/mol. The van der Waals surface area contributed by atoms with Crippen LogP contribution in [0.1, 0.15) is 24.2 Å². The average Bonchev–Trinajstić information content (AvgIpc) is 3.23. The summed E-state index contributed by atoms with van der Waals surface area (Å²) in [5.74, 6) is -1.20. The Morgan fingerprint density at radius 1 is 1.17 bits per heavy atom. The van der Waals surface area contributed by atoms with Crippen molar-refractivity contribution in [3.8, 4) is 11.8 Å². The molecule has 2 atom stereocenters. The molecule has 188 valence electrons. The van der Waals surface area contributed by atoms with Crippen LogP contribution in [0.5, 0.6) is 11.8 Å². The molecule has 1 saturated heterocycles. The Morgan fingerprint density at radius 3 is 2.61 bits per heavy atom. The molecule has 3 heterocycles. The fourth-order valence-corrected chi connectivity index (χ4v) is 4.88. The summed E-state index contributed by atoms with van der Waals surface area (Å²) in [7, 11) is 4.52. The zero-order chi connectivity index (χ0) is 25.6. The molecule has 0 radical (unpaired) electrons. The fraction of sp³-hybridized carbons (Fsp3) is 0.360. The Balaban J connectivity index is 1.58. The smallest absolute Gasteiger partial charge is 0.316 e. The number of hydrogen-bond acceptors (Lipinski definition) is 8. The Labute approximate surface area is 207 Å². The van der Waals surface area contributed by atoms with E-state index in [1.54, 1.807) is 31.6 Å². The summed E-state index contributed by atoms with van der Waals surface area (Å²) in [5.41, 5.74) is 2.05. The van der Waals surface area contributed by atoms with Gasteiger partial charge >= 0.3 is 6.01 Å². The van der Waals surface area contributed by atoms with Crippen molar-refractivity contribution >= 4 is 39.1 Å². The molecule has 11 heteroatoms. The first-order valence-corrected chi connectivity index (χ1v) is 11.6. The number of hydrogen-bond donors (Lipinski definition) is 2. The van der Waals surface area contributed by atoms with Crippen molar-refractivity contribution in [2.45, 2.75) is 25.9 Å². The second-order valence-corrected chi connectivity index (χ2v) is 9.09. The SMILES string of the molecule is COc1ncc2c(N3C[C@H](C)N[C@@H](C)C3)ccc(C(=O)Nc3cc4cn(C)nc4c(F)c3OC)c2n1. The van der Waals surface area contributed by atoms with Crippen molar-refractivity contribution in [3.63, 3.8) is 0 Å². The molecule has 0 spiro atoms. The van der Waals surface area contributed by atoms with Crippen LogP contribution >= 0.6 is 0 Å². The zero-order valence-electron chi connectivity index (χ0n) is 20.8. The molecule has 4 aromatic rings. The number of nitrogens with zero attached hydrogens (tertiary/aromatic N) is 5. The van der Waals surface area contributed by atoms with E-state index in [0.29, 0.717) is 28.6 Å². The molecule has 1 aliphatic heterocycles. The number of halogens is 1. The number of ether oxygens (including phenoxy) is 2. The van der Waals surface area contributed by atoms with Gasteiger partial charge in [0.15, 0.2) is 11.6 Å². The van der Waals surface area contributed by atoms with Crippen LogP contribution in [0.25, 0.3) is 21.8 Å². The maximum Gasteiger partial charge on any atom is 0.316 e. The summed E-state index contributed by atoms with van der Waals surface area (Å²) >= 11 is 0. The van der Waals surface area contributed by atoms with Crippen molar-refractivity contribution in [1.82, 2.24) is 25.1 Å². The fourth-order valence-electron chi connectivity index (χ4n) is 4.88. The minimum atomic E-state index is -0.642. The van der Waals surface area contributed by atoms with Gasteiger partial charge in [-0.3, -0.25) is 9.48 Å². The Kier molecular flexibility index (Phi) is 6.09. The lowest BCUT2D eigenvalue weighted by atomic mass is 10.0. The van der Waals surface area contributed by atoms with Crippen molar-refractivity contribution < 1.29 is 18.7 Å². The first-order valence-electron chi connectivity index (χ1n) is 11.6. The van der Waals surface area contributed by atoms with Crippen LogP contribution in [0, 0.1) is 5.82 Å². The van der Waals surface area contributed by atoms with E-state index in [0.717, 1.165) is 24.2 Å². The summed E-state index contributed by atoms with van der Waals surface area (Å²) in [6, 6.07) is 6.02. The number of piperazine rings is 1. The molecule has 0 saturated carbocycles. The number of methoxy groups -OCH3 is 2. The van der Waals surface area contributed by atoms with E-state index in [1.807, 2.05) is 6.07 Å². The van der Waals surface area contributed by atoms with E-state index in [1.165, 1.54) is 18.9 Å². The lowest BCUT2D eigenvalue weighted by Crippen LogP contribution is -2.54. The first kappa shape index (κ1) is 23.7. The van der Waals surface area contributed by atoms with Gasteiger partial charge in [0.1, 0.15) is 5.52 Å². The number of aromatic nitrogens is 4. The predicted molar refractivity (Wildman–Crippen MR) is 136 cm³/mol. The van der Waals surface area contributed by atoms with Crippen molar-refractivity contribution in [2.24, 2.45) is 7.05 Å². The number of rotatable bonds is 5. The van der Waals surface area contributed by atoms with Gasteiger partial charge in [0.25, 0.3) is 5.91 Å². The number of carbonyl (C=O) groups is 1. The minimum Gasteiger partial charge on any atom is -0.491 e. The number of nitrogens with one attached hydrogen (secondary N) is 2. The highest BCUT2D eigenvalue weighted by molar-refractivity contribution is 6.14. The normalized spacial score (nSPS) is 18.0. The average molecular weight is 494 g/mol. The molecule has 0 bridgehead atoms. The van der Waals surface area contributed by atoms with Gasteiger partial charge in [0.05, 0.1) is 31.0 Å². The Bertz CT molecular complexity index is 1460. The van der Waals surface area contributed by atoms with E-state index >= 15 is 4.39 Å². The van der Waals surface area contributed by atoms with Crippen molar-refractivity contribution in [2.75, 3.05) is 37.5 Å². The standard InChI is InChI=1S/C25H28FN7O3/c1-13-10-33(11-14(2)28-13)19-7-6-16(22-17(19)9-27-25(30-22)36-5)24(34)29-18-8-15-12-32(3)31-21(15)20(26)23(18)35-4/h6-9,12-14,28H,10-11H2,1-5H3,(H,29,34)/t13-,14-/m0/s1. The van der Waals surface area contributed by atoms with Gasteiger partial charge < -0.3 is 25.0 Å². The summed E-state index contributed by atoms with van der Waals surface area (Å²) in [5, 5.41) is 11.7.